The Morgan fingerprint density at radius 3 is 2.50 bits per heavy atom. The number of carbonyl (C=O) groups excluding carboxylic acids is 1. The van der Waals surface area contributed by atoms with Crippen LogP contribution < -0.4 is 0 Å². The van der Waals surface area contributed by atoms with Gasteiger partial charge in [0.25, 0.3) is 0 Å². The maximum atomic E-state index is 12.6. The van der Waals surface area contributed by atoms with Crippen molar-refractivity contribution in [1.82, 2.24) is 4.90 Å². The van der Waals surface area contributed by atoms with E-state index in [0.29, 0.717) is 5.78 Å². The second-order valence-electron chi connectivity index (χ2n) is 5.64. The van der Waals surface area contributed by atoms with Crippen LogP contribution in [0.5, 0.6) is 0 Å². The van der Waals surface area contributed by atoms with Crippen molar-refractivity contribution < 1.29 is 4.79 Å². The monoisotopic (exact) mass is 295 g/mol. The minimum absolute atomic E-state index is 0. The van der Waals surface area contributed by atoms with Crippen molar-refractivity contribution in [3.8, 4) is 0 Å². The highest BCUT2D eigenvalue weighted by Crippen LogP contribution is 2.17. The Morgan fingerprint density at radius 2 is 1.85 bits per heavy atom. The minimum Gasteiger partial charge on any atom is -0.303 e. The molecule has 1 aromatic rings. The summed E-state index contributed by atoms with van der Waals surface area (Å²) < 4.78 is 0. The van der Waals surface area contributed by atoms with Gasteiger partial charge in [-0.2, -0.15) is 0 Å². The first-order valence-corrected chi connectivity index (χ1v) is 7.57. The lowest BCUT2D eigenvalue weighted by Crippen LogP contribution is -2.36. The van der Waals surface area contributed by atoms with Crippen molar-refractivity contribution in [1.29, 1.82) is 0 Å². The van der Waals surface area contributed by atoms with Crippen molar-refractivity contribution in [2.45, 2.75) is 39.5 Å². The molecule has 112 valence electrons. The van der Waals surface area contributed by atoms with Crippen LogP contribution in [0, 0.1) is 5.92 Å². The average molecular weight is 296 g/mol. The fourth-order valence-electron chi connectivity index (χ4n) is 2.95. The number of hydrogen-bond acceptors (Lipinski definition) is 2. The van der Waals surface area contributed by atoms with Gasteiger partial charge in [0.15, 0.2) is 5.78 Å². The third-order valence-electron chi connectivity index (χ3n) is 4.09. The Labute approximate surface area is 129 Å². The summed E-state index contributed by atoms with van der Waals surface area (Å²) in [5.74, 6) is 0.411. The lowest BCUT2D eigenvalue weighted by atomic mass is 9.93. The highest BCUT2D eigenvalue weighted by molar-refractivity contribution is 5.99. The van der Waals surface area contributed by atoms with E-state index in [9.17, 15) is 4.79 Å². The van der Waals surface area contributed by atoms with Gasteiger partial charge in [0.05, 0.1) is 0 Å². The van der Waals surface area contributed by atoms with Gasteiger partial charge in [-0.05, 0) is 37.9 Å². The molecule has 1 atom stereocenters. The molecule has 1 aliphatic rings. The predicted molar refractivity (Wildman–Crippen MR) is 86.9 cm³/mol. The van der Waals surface area contributed by atoms with Crippen LogP contribution in [0.3, 0.4) is 0 Å². The van der Waals surface area contributed by atoms with Crippen LogP contribution in [-0.4, -0.2) is 30.3 Å². The second kappa shape index (κ2) is 8.43. The number of benzene rings is 1. The quantitative estimate of drug-likeness (QED) is 0.766. The first kappa shape index (κ1) is 17.2. The molecular formula is C17H26ClNO. The van der Waals surface area contributed by atoms with Gasteiger partial charge >= 0.3 is 0 Å². The van der Waals surface area contributed by atoms with Crippen molar-refractivity contribution >= 4 is 18.2 Å². The maximum Gasteiger partial charge on any atom is 0.167 e. The summed E-state index contributed by atoms with van der Waals surface area (Å²) in [6.45, 7) is 7.42. The first-order valence-electron chi connectivity index (χ1n) is 7.57. The smallest absolute Gasteiger partial charge is 0.167 e. The molecule has 20 heavy (non-hydrogen) atoms. The number of likely N-dealkylation sites (tertiary alicyclic amines) is 1. The lowest BCUT2D eigenvalue weighted by molar-refractivity contribution is 0.0882. The molecule has 0 aliphatic carbocycles. The van der Waals surface area contributed by atoms with E-state index in [2.05, 4.69) is 24.8 Å². The molecule has 0 bridgehead atoms. The largest absolute Gasteiger partial charge is 0.303 e. The number of piperidine rings is 1. The SMILES string of the molecule is CCc1ccccc1C(=O)C(C)CN1CCCCC1.Cl. The van der Waals surface area contributed by atoms with E-state index < -0.39 is 0 Å². The summed E-state index contributed by atoms with van der Waals surface area (Å²) in [4.78, 5) is 15.0. The zero-order valence-corrected chi connectivity index (χ0v) is 13.4. The second-order valence-corrected chi connectivity index (χ2v) is 5.64. The molecule has 1 aliphatic heterocycles. The number of ketones is 1. The number of halogens is 1. The number of rotatable bonds is 5. The molecule has 1 fully saturated rings. The van der Waals surface area contributed by atoms with Gasteiger partial charge in [-0.3, -0.25) is 4.79 Å². The maximum absolute atomic E-state index is 12.6. The van der Waals surface area contributed by atoms with E-state index in [1.54, 1.807) is 0 Å². The van der Waals surface area contributed by atoms with E-state index in [1.165, 1.54) is 24.8 Å². The van der Waals surface area contributed by atoms with Crippen molar-refractivity contribution in [3.05, 3.63) is 35.4 Å². The van der Waals surface area contributed by atoms with Gasteiger partial charge in [0.1, 0.15) is 0 Å². The van der Waals surface area contributed by atoms with Crippen molar-refractivity contribution in [2.24, 2.45) is 5.92 Å². The van der Waals surface area contributed by atoms with Crippen molar-refractivity contribution in [2.75, 3.05) is 19.6 Å². The minimum atomic E-state index is 0. The van der Waals surface area contributed by atoms with Gasteiger partial charge in [-0.25, -0.2) is 0 Å². The van der Waals surface area contributed by atoms with Crippen LogP contribution in [0.4, 0.5) is 0 Å². The van der Waals surface area contributed by atoms with Gasteiger partial charge in [-0.1, -0.05) is 44.5 Å². The van der Waals surface area contributed by atoms with E-state index in [-0.39, 0.29) is 18.3 Å². The fourth-order valence-corrected chi connectivity index (χ4v) is 2.95. The summed E-state index contributed by atoms with van der Waals surface area (Å²) in [5.41, 5.74) is 2.10. The molecule has 1 saturated heterocycles. The zero-order valence-electron chi connectivity index (χ0n) is 12.6. The molecule has 1 unspecified atom stereocenters. The summed E-state index contributed by atoms with van der Waals surface area (Å²) in [5, 5.41) is 0. The molecule has 3 heteroatoms. The van der Waals surface area contributed by atoms with E-state index in [4.69, 9.17) is 0 Å². The number of hydrogen-bond donors (Lipinski definition) is 0. The number of aryl methyl sites for hydroxylation is 1. The van der Waals surface area contributed by atoms with Gasteiger partial charge in [0, 0.05) is 18.0 Å². The zero-order chi connectivity index (χ0) is 13.7. The van der Waals surface area contributed by atoms with Crippen LogP contribution >= 0.6 is 12.4 Å². The lowest BCUT2D eigenvalue weighted by Gasteiger charge is -2.28. The summed E-state index contributed by atoms with van der Waals surface area (Å²) in [7, 11) is 0. The number of carbonyl (C=O) groups is 1. The number of nitrogens with zero attached hydrogens (tertiary/aromatic N) is 1. The van der Waals surface area contributed by atoms with Crippen LogP contribution in [0.15, 0.2) is 24.3 Å². The molecular weight excluding hydrogens is 270 g/mol. The Morgan fingerprint density at radius 1 is 1.20 bits per heavy atom. The molecule has 0 N–H and O–H groups in total. The summed E-state index contributed by atoms with van der Waals surface area (Å²) >= 11 is 0. The molecule has 0 amide bonds. The highest BCUT2D eigenvalue weighted by Gasteiger charge is 2.21. The van der Waals surface area contributed by atoms with Gasteiger partial charge in [-0.15, -0.1) is 12.4 Å². The number of Topliss-reactive ketones (excluding diaryl/α,β-unsaturated/α-hetero) is 1. The normalized spacial score (nSPS) is 17.3. The van der Waals surface area contributed by atoms with E-state index >= 15 is 0 Å². The Hall–Kier alpha value is -0.860. The Balaban J connectivity index is 0.00000200. The Kier molecular flexibility index (Phi) is 7.25. The fraction of sp³-hybridized carbons (Fsp3) is 0.588. The van der Waals surface area contributed by atoms with Gasteiger partial charge < -0.3 is 4.90 Å². The van der Waals surface area contributed by atoms with Crippen LogP contribution in [0.2, 0.25) is 0 Å². The van der Waals surface area contributed by atoms with Gasteiger partial charge in [0.2, 0.25) is 0 Å². The molecule has 1 heterocycles. The average Bonchev–Trinajstić information content (AvgIpc) is 2.47. The summed E-state index contributed by atoms with van der Waals surface area (Å²) in [6.07, 6.45) is 4.84. The van der Waals surface area contributed by atoms with E-state index in [1.807, 2.05) is 18.2 Å². The van der Waals surface area contributed by atoms with E-state index in [0.717, 1.165) is 31.6 Å². The highest BCUT2D eigenvalue weighted by atomic mass is 35.5. The first-order chi connectivity index (χ1) is 9.22. The van der Waals surface area contributed by atoms with Crippen LogP contribution in [0.1, 0.15) is 49.0 Å². The molecule has 0 saturated carbocycles. The van der Waals surface area contributed by atoms with Crippen molar-refractivity contribution in [3.63, 3.8) is 0 Å². The topological polar surface area (TPSA) is 20.3 Å². The third-order valence-corrected chi connectivity index (χ3v) is 4.09. The van der Waals surface area contributed by atoms with Crippen LogP contribution in [0.25, 0.3) is 0 Å². The predicted octanol–water partition coefficient (Wildman–Crippen LogP) is 3.98. The molecule has 1 aromatic carbocycles. The molecule has 0 spiro atoms. The van der Waals surface area contributed by atoms with Crippen LogP contribution in [-0.2, 0) is 6.42 Å². The molecule has 0 aromatic heterocycles. The molecule has 0 radical (unpaired) electrons. The summed E-state index contributed by atoms with van der Waals surface area (Å²) in [6, 6.07) is 8.04. The molecule has 2 rings (SSSR count). The third kappa shape index (κ3) is 4.32. The standard InChI is InChI=1S/C17H25NO.ClH/c1-3-15-9-5-6-10-16(15)17(19)14(2)13-18-11-7-4-8-12-18;/h5-6,9-10,14H,3-4,7-8,11-13H2,1-2H3;1H. The molecule has 2 nitrogen and oxygen atoms in total. The Bertz CT molecular complexity index is 427.